The predicted octanol–water partition coefficient (Wildman–Crippen LogP) is 3.92. The lowest BCUT2D eigenvalue weighted by atomic mass is 10.1. The number of hydrogen-bond acceptors (Lipinski definition) is 6. The van der Waals surface area contributed by atoms with Gasteiger partial charge < -0.3 is 10.2 Å². The standard InChI is InChI=1S/C21H21BrFN3O3S2/c1-12-3-4-13(2)16(7-12)24-20(27)9-30-21-25-17-10-31(28,29)11-19(17)26(21)18-6-5-14(22)8-15(18)23/h3-8,17,19H,9-11H2,1-2H3,(H,24,27). The molecule has 4 rings (SSSR count). The smallest absolute Gasteiger partial charge is 0.234 e. The highest BCUT2D eigenvalue weighted by Crippen LogP contribution is 2.37. The lowest BCUT2D eigenvalue weighted by Crippen LogP contribution is -2.40. The van der Waals surface area contributed by atoms with Crippen LogP contribution in [-0.2, 0) is 14.6 Å². The van der Waals surface area contributed by atoms with Crippen molar-refractivity contribution in [1.29, 1.82) is 0 Å². The van der Waals surface area contributed by atoms with Crippen LogP contribution in [-0.4, -0.2) is 48.8 Å². The molecule has 2 unspecified atom stereocenters. The van der Waals surface area contributed by atoms with Crippen molar-refractivity contribution in [2.24, 2.45) is 4.99 Å². The number of aryl methyl sites for hydroxylation is 2. The van der Waals surface area contributed by atoms with E-state index in [0.29, 0.717) is 9.64 Å². The number of thioether (sulfide) groups is 1. The van der Waals surface area contributed by atoms with Crippen LogP contribution in [0, 0.1) is 19.7 Å². The Kier molecular flexibility index (Phi) is 6.15. The normalized spacial score (nSPS) is 21.7. The minimum absolute atomic E-state index is 0.0644. The van der Waals surface area contributed by atoms with Gasteiger partial charge in [-0.25, -0.2) is 12.8 Å². The quantitative estimate of drug-likeness (QED) is 0.654. The van der Waals surface area contributed by atoms with Gasteiger partial charge in [0.15, 0.2) is 15.0 Å². The minimum atomic E-state index is -3.24. The molecule has 1 N–H and O–H groups in total. The van der Waals surface area contributed by atoms with Gasteiger partial charge in [-0.05, 0) is 49.2 Å². The Morgan fingerprint density at radius 3 is 2.77 bits per heavy atom. The highest BCUT2D eigenvalue weighted by Gasteiger charge is 2.47. The lowest BCUT2D eigenvalue weighted by molar-refractivity contribution is -0.113. The van der Waals surface area contributed by atoms with E-state index in [4.69, 9.17) is 0 Å². The summed E-state index contributed by atoms with van der Waals surface area (Å²) < 4.78 is 39.6. The topological polar surface area (TPSA) is 78.8 Å². The number of amides is 1. The molecule has 0 aromatic heterocycles. The van der Waals surface area contributed by atoms with Crippen LogP contribution in [0.15, 0.2) is 45.9 Å². The Labute approximate surface area is 193 Å². The van der Waals surface area contributed by atoms with Crippen molar-refractivity contribution in [2.75, 3.05) is 27.5 Å². The van der Waals surface area contributed by atoms with E-state index in [9.17, 15) is 17.6 Å². The summed E-state index contributed by atoms with van der Waals surface area (Å²) >= 11 is 4.43. The first-order valence-corrected chi connectivity index (χ1v) is 13.3. The molecule has 6 nitrogen and oxygen atoms in total. The molecule has 164 valence electrons. The summed E-state index contributed by atoms with van der Waals surface area (Å²) in [6.07, 6.45) is 0. The van der Waals surface area contributed by atoms with E-state index in [2.05, 4.69) is 26.2 Å². The van der Waals surface area contributed by atoms with E-state index < -0.39 is 27.7 Å². The summed E-state index contributed by atoms with van der Waals surface area (Å²) in [5.74, 6) is -0.761. The summed E-state index contributed by atoms with van der Waals surface area (Å²) in [6.45, 7) is 3.87. The molecule has 1 amide bonds. The van der Waals surface area contributed by atoms with Gasteiger partial charge in [-0.3, -0.25) is 9.79 Å². The van der Waals surface area contributed by atoms with Crippen molar-refractivity contribution in [1.82, 2.24) is 0 Å². The molecule has 2 heterocycles. The zero-order valence-corrected chi connectivity index (χ0v) is 20.2. The number of nitrogens with one attached hydrogen (secondary N) is 1. The molecule has 2 aromatic carbocycles. The van der Waals surface area contributed by atoms with Gasteiger partial charge in [0.05, 0.1) is 35.0 Å². The van der Waals surface area contributed by atoms with Gasteiger partial charge in [-0.15, -0.1) is 0 Å². The van der Waals surface area contributed by atoms with E-state index in [1.807, 2.05) is 32.0 Å². The molecule has 0 saturated carbocycles. The number of halogens is 2. The van der Waals surface area contributed by atoms with Gasteiger partial charge >= 0.3 is 0 Å². The van der Waals surface area contributed by atoms with Crippen molar-refractivity contribution in [3.63, 3.8) is 0 Å². The highest BCUT2D eigenvalue weighted by molar-refractivity contribution is 9.10. The summed E-state index contributed by atoms with van der Waals surface area (Å²) in [6, 6.07) is 9.53. The molecule has 0 aliphatic carbocycles. The van der Waals surface area contributed by atoms with E-state index >= 15 is 0 Å². The molecule has 1 saturated heterocycles. The molecule has 0 bridgehead atoms. The van der Waals surface area contributed by atoms with E-state index in [1.165, 1.54) is 17.8 Å². The number of hydrogen-bond donors (Lipinski definition) is 1. The van der Waals surface area contributed by atoms with Crippen molar-refractivity contribution in [3.8, 4) is 0 Å². The summed E-state index contributed by atoms with van der Waals surface area (Å²) in [4.78, 5) is 18.7. The SMILES string of the molecule is Cc1ccc(C)c(NC(=O)CSC2=NC3CS(=O)(=O)CC3N2c2ccc(Br)cc2F)c1. The van der Waals surface area contributed by atoms with Crippen LogP contribution in [0.4, 0.5) is 15.8 Å². The van der Waals surface area contributed by atoms with Gasteiger partial charge in [0, 0.05) is 10.2 Å². The number of fused-ring (bicyclic) bond motifs is 1. The maximum Gasteiger partial charge on any atom is 0.234 e. The van der Waals surface area contributed by atoms with Gasteiger partial charge in [0.2, 0.25) is 5.91 Å². The third-order valence-corrected chi connectivity index (χ3v) is 8.44. The highest BCUT2D eigenvalue weighted by atomic mass is 79.9. The molecule has 0 spiro atoms. The molecule has 31 heavy (non-hydrogen) atoms. The van der Waals surface area contributed by atoms with Gasteiger partial charge in [0.25, 0.3) is 0 Å². The second-order valence-corrected chi connectivity index (χ2v) is 11.8. The van der Waals surface area contributed by atoms with Crippen LogP contribution in [0.25, 0.3) is 0 Å². The van der Waals surface area contributed by atoms with Crippen LogP contribution in [0.2, 0.25) is 0 Å². The van der Waals surface area contributed by atoms with Crippen LogP contribution >= 0.6 is 27.7 Å². The molecular formula is C21H21BrFN3O3S2. The maximum absolute atomic E-state index is 14.7. The number of benzene rings is 2. The van der Waals surface area contributed by atoms with Gasteiger partial charge in [-0.2, -0.15) is 0 Å². The van der Waals surface area contributed by atoms with Crippen molar-refractivity contribution in [3.05, 3.63) is 57.8 Å². The number of sulfone groups is 1. The average Bonchev–Trinajstić information content (AvgIpc) is 3.14. The molecule has 0 radical (unpaired) electrons. The molecule has 2 aliphatic rings. The van der Waals surface area contributed by atoms with Crippen LogP contribution in [0.3, 0.4) is 0 Å². The molecule has 2 aromatic rings. The fourth-order valence-corrected chi connectivity index (χ4v) is 6.87. The average molecular weight is 526 g/mol. The fraction of sp³-hybridized carbons (Fsp3) is 0.333. The van der Waals surface area contributed by atoms with E-state index in [-0.39, 0.29) is 28.9 Å². The van der Waals surface area contributed by atoms with Crippen LogP contribution in [0.1, 0.15) is 11.1 Å². The molecule has 1 fully saturated rings. The van der Waals surface area contributed by atoms with E-state index in [1.54, 1.807) is 17.0 Å². The summed E-state index contributed by atoms with van der Waals surface area (Å²) in [5, 5.41) is 3.36. The largest absolute Gasteiger partial charge is 0.325 e. The summed E-state index contributed by atoms with van der Waals surface area (Å²) in [7, 11) is -3.24. The number of aliphatic imine (C=N–C) groups is 1. The maximum atomic E-state index is 14.7. The predicted molar refractivity (Wildman–Crippen MR) is 127 cm³/mol. The Bertz CT molecular complexity index is 1190. The Balaban J connectivity index is 1.54. The number of carbonyl (C=O) groups excluding carboxylic acids is 1. The second kappa shape index (κ2) is 8.55. The molecule has 10 heteroatoms. The van der Waals surface area contributed by atoms with Crippen LogP contribution in [0.5, 0.6) is 0 Å². The fourth-order valence-electron chi connectivity index (χ4n) is 3.78. The van der Waals surface area contributed by atoms with Crippen molar-refractivity contribution >= 4 is 60.0 Å². The third-order valence-electron chi connectivity index (χ3n) is 5.28. The van der Waals surface area contributed by atoms with Gasteiger partial charge in [0.1, 0.15) is 5.82 Å². The Morgan fingerprint density at radius 1 is 1.26 bits per heavy atom. The van der Waals surface area contributed by atoms with E-state index in [0.717, 1.165) is 16.8 Å². The Morgan fingerprint density at radius 2 is 2.03 bits per heavy atom. The zero-order chi connectivity index (χ0) is 22.3. The molecular weight excluding hydrogens is 505 g/mol. The third kappa shape index (κ3) is 4.80. The number of nitrogens with zero attached hydrogens (tertiary/aromatic N) is 2. The second-order valence-electron chi connectivity index (χ2n) is 7.74. The van der Waals surface area contributed by atoms with Crippen molar-refractivity contribution < 1.29 is 17.6 Å². The number of amidine groups is 1. The van der Waals surface area contributed by atoms with Crippen LogP contribution < -0.4 is 10.2 Å². The number of rotatable bonds is 4. The number of anilines is 2. The minimum Gasteiger partial charge on any atom is -0.325 e. The zero-order valence-electron chi connectivity index (χ0n) is 16.9. The number of carbonyl (C=O) groups is 1. The lowest BCUT2D eigenvalue weighted by Gasteiger charge is -2.26. The van der Waals surface area contributed by atoms with Crippen molar-refractivity contribution in [2.45, 2.75) is 25.9 Å². The first kappa shape index (κ1) is 22.3. The summed E-state index contributed by atoms with van der Waals surface area (Å²) in [5.41, 5.74) is 3.01. The first-order chi connectivity index (χ1) is 14.6. The molecule has 2 atom stereocenters. The monoisotopic (exact) mass is 525 g/mol. The Hall–Kier alpha value is -1.91. The van der Waals surface area contributed by atoms with Gasteiger partial charge in [-0.1, -0.05) is 39.8 Å². The first-order valence-electron chi connectivity index (χ1n) is 9.65. The molecule has 2 aliphatic heterocycles.